The molecule has 1 aromatic heterocycles. The molecule has 2 N–H and O–H groups in total. The van der Waals surface area contributed by atoms with E-state index in [2.05, 4.69) is 10.3 Å². The van der Waals surface area contributed by atoms with Crippen molar-refractivity contribution in [3.63, 3.8) is 0 Å². The molecular formula is C15H16N2O3S. The summed E-state index contributed by atoms with van der Waals surface area (Å²) in [6, 6.07) is 10.1. The van der Waals surface area contributed by atoms with Gasteiger partial charge in [-0.05, 0) is 31.2 Å². The molecule has 0 saturated heterocycles. The SMILES string of the molecule is COc1ccc(NC(=O)CSc2cc(=O)cc(C)[nH]2)cc1. The van der Waals surface area contributed by atoms with Gasteiger partial charge >= 0.3 is 0 Å². The molecule has 0 radical (unpaired) electrons. The van der Waals surface area contributed by atoms with E-state index in [1.54, 1.807) is 31.4 Å². The second kappa shape index (κ2) is 6.99. The first kappa shape index (κ1) is 15.2. The number of pyridine rings is 1. The minimum atomic E-state index is -0.132. The van der Waals surface area contributed by atoms with Gasteiger partial charge in [0.25, 0.3) is 0 Å². The number of thioether (sulfide) groups is 1. The third kappa shape index (κ3) is 4.68. The van der Waals surface area contributed by atoms with Gasteiger partial charge in [-0.3, -0.25) is 9.59 Å². The quantitative estimate of drug-likeness (QED) is 0.832. The number of hydrogen-bond acceptors (Lipinski definition) is 4. The van der Waals surface area contributed by atoms with E-state index in [4.69, 9.17) is 4.74 Å². The van der Waals surface area contributed by atoms with Gasteiger partial charge in [-0.2, -0.15) is 0 Å². The summed E-state index contributed by atoms with van der Waals surface area (Å²) in [6.07, 6.45) is 0. The Labute approximate surface area is 126 Å². The van der Waals surface area contributed by atoms with Crippen molar-refractivity contribution in [2.24, 2.45) is 0 Å². The minimum Gasteiger partial charge on any atom is -0.497 e. The van der Waals surface area contributed by atoms with Gasteiger partial charge in [0.1, 0.15) is 5.75 Å². The van der Waals surface area contributed by atoms with Crippen LogP contribution in [0.4, 0.5) is 5.69 Å². The molecule has 0 spiro atoms. The molecule has 0 aliphatic carbocycles. The number of nitrogens with one attached hydrogen (secondary N) is 2. The summed E-state index contributed by atoms with van der Waals surface area (Å²) in [5.41, 5.74) is 1.42. The second-order valence-electron chi connectivity index (χ2n) is 4.43. The maximum Gasteiger partial charge on any atom is 0.234 e. The Morgan fingerprint density at radius 3 is 2.62 bits per heavy atom. The summed E-state index contributed by atoms with van der Waals surface area (Å²) >= 11 is 1.29. The number of carbonyl (C=O) groups is 1. The van der Waals surface area contributed by atoms with Gasteiger partial charge in [0.2, 0.25) is 5.91 Å². The van der Waals surface area contributed by atoms with Crippen LogP contribution in [0.1, 0.15) is 5.69 Å². The molecule has 0 aliphatic heterocycles. The smallest absolute Gasteiger partial charge is 0.234 e. The van der Waals surface area contributed by atoms with Crippen LogP contribution in [0.3, 0.4) is 0 Å². The zero-order valence-corrected chi connectivity index (χ0v) is 12.6. The van der Waals surface area contributed by atoms with E-state index >= 15 is 0 Å². The fourth-order valence-corrected chi connectivity index (χ4v) is 2.53. The lowest BCUT2D eigenvalue weighted by Gasteiger charge is -2.06. The van der Waals surface area contributed by atoms with Gasteiger partial charge in [0, 0.05) is 23.5 Å². The average Bonchev–Trinajstić information content (AvgIpc) is 2.45. The van der Waals surface area contributed by atoms with Crippen molar-refractivity contribution >= 4 is 23.4 Å². The summed E-state index contributed by atoms with van der Waals surface area (Å²) in [4.78, 5) is 26.3. The predicted octanol–water partition coefficient (Wildman–Crippen LogP) is 2.42. The molecule has 0 atom stereocenters. The molecule has 0 aliphatic rings. The molecule has 0 saturated carbocycles. The predicted molar refractivity (Wildman–Crippen MR) is 84.1 cm³/mol. The fraction of sp³-hybridized carbons (Fsp3) is 0.200. The van der Waals surface area contributed by atoms with Crippen LogP contribution in [-0.2, 0) is 4.79 Å². The zero-order chi connectivity index (χ0) is 15.2. The van der Waals surface area contributed by atoms with Crippen molar-refractivity contribution in [3.8, 4) is 5.75 Å². The lowest BCUT2D eigenvalue weighted by molar-refractivity contribution is -0.113. The molecule has 21 heavy (non-hydrogen) atoms. The van der Waals surface area contributed by atoms with Crippen LogP contribution in [0.25, 0.3) is 0 Å². The Kier molecular flexibility index (Phi) is 5.05. The minimum absolute atomic E-state index is 0.0655. The summed E-state index contributed by atoms with van der Waals surface area (Å²) in [7, 11) is 1.59. The van der Waals surface area contributed by atoms with Crippen molar-refractivity contribution in [3.05, 3.63) is 52.3 Å². The maximum absolute atomic E-state index is 11.9. The molecule has 0 bridgehead atoms. The monoisotopic (exact) mass is 304 g/mol. The molecule has 1 amide bonds. The van der Waals surface area contributed by atoms with Crippen LogP contribution in [0.2, 0.25) is 0 Å². The Bertz CT molecular complexity index is 680. The molecule has 2 aromatic rings. The van der Waals surface area contributed by atoms with Crippen molar-refractivity contribution in [1.82, 2.24) is 4.98 Å². The Morgan fingerprint density at radius 1 is 1.29 bits per heavy atom. The van der Waals surface area contributed by atoms with Crippen LogP contribution in [0.15, 0.2) is 46.2 Å². The summed E-state index contributed by atoms with van der Waals surface area (Å²) in [5.74, 6) is 0.832. The number of aryl methyl sites for hydroxylation is 1. The van der Waals surface area contributed by atoms with E-state index in [0.717, 1.165) is 11.4 Å². The second-order valence-corrected chi connectivity index (χ2v) is 5.45. The van der Waals surface area contributed by atoms with Gasteiger partial charge in [0.15, 0.2) is 5.43 Å². The Morgan fingerprint density at radius 2 is 2.00 bits per heavy atom. The molecule has 110 valence electrons. The van der Waals surface area contributed by atoms with Gasteiger partial charge in [-0.15, -0.1) is 0 Å². The average molecular weight is 304 g/mol. The van der Waals surface area contributed by atoms with Crippen molar-refractivity contribution in [2.75, 3.05) is 18.2 Å². The number of H-pyrrole nitrogens is 1. The lowest BCUT2D eigenvalue weighted by Crippen LogP contribution is -2.14. The number of rotatable bonds is 5. The van der Waals surface area contributed by atoms with E-state index in [1.165, 1.54) is 23.9 Å². The molecule has 1 aromatic carbocycles. The van der Waals surface area contributed by atoms with E-state index in [1.807, 2.05) is 6.92 Å². The molecule has 1 heterocycles. The number of ether oxygens (including phenoxy) is 1. The lowest BCUT2D eigenvalue weighted by atomic mass is 10.3. The van der Waals surface area contributed by atoms with Crippen LogP contribution in [-0.4, -0.2) is 23.8 Å². The van der Waals surface area contributed by atoms with E-state index < -0.39 is 0 Å². The Hall–Kier alpha value is -2.21. The number of aromatic nitrogens is 1. The highest BCUT2D eigenvalue weighted by atomic mass is 32.2. The fourth-order valence-electron chi connectivity index (χ4n) is 1.74. The largest absolute Gasteiger partial charge is 0.497 e. The number of carbonyl (C=O) groups excluding carboxylic acids is 1. The molecule has 6 heteroatoms. The number of benzene rings is 1. The van der Waals surface area contributed by atoms with Crippen LogP contribution in [0.5, 0.6) is 5.75 Å². The summed E-state index contributed by atoms with van der Waals surface area (Å²) in [5, 5.41) is 3.47. The first-order valence-electron chi connectivity index (χ1n) is 6.34. The first-order valence-corrected chi connectivity index (χ1v) is 7.33. The summed E-state index contributed by atoms with van der Waals surface area (Å²) < 4.78 is 5.05. The van der Waals surface area contributed by atoms with E-state index in [9.17, 15) is 9.59 Å². The van der Waals surface area contributed by atoms with Gasteiger partial charge in [0.05, 0.1) is 17.9 Å². The third-order valence-corrected chi connectivity index (χ3v) is 3.62. The van der Waals surface area contributed by atoms with Crippen LogP contribution >= 0.6 is 11.8 Å². The third-order valence-electron chi connectivity index (χ3n) is 2.69. The number of methoxy groups -OCH3 is 1. The number of amides is 1. The van der Waals surface area contributed by atoms with Gasteiger partial charge < -0.3 is 15.0 Å². The molecule has 5 nitrogen and oxygen atoms in total. The summed E-state index contributed by atoms with van der Waals surface area (Å²) in [6.45, 7) is 1.81. The van der Waals surface area contributed by atoms with Crippen molar-refractivity contribution in [2.45, 2.75) is 11.9 Å². The molecule has 0 unspecified atom stereocenters. The number of aromatic amines is 1. The molecular weight excluding hydrogens is 288 g/mol. The first-order chi connectivity index (χ1) is 10.1. The maximum atomic E-state index is 11.9. The van der Waals surface area contributed by atoms with E-state index in [0.29, 0.717) is 10.7 Å². The standard InChI is InChI=1S/C15H16N2O3S/c1-10-7-12(18)8-15(16-10)21-9-14(19)17-11-3-5-13(20-2)6-4-11/h3-8H,9H2,1-2H3,(H,16,18)(H,17,19). The molecule has 2 rings (SSSR count). The molecule has 0 fully saturated rings. The van der Waals surface area contributed by atoms with Crippen molar-refractivity contribution in [1.29, 1.82) is 0 Å². The highest BCUT2D eigenvalue weighted by Gasteiger charge is 2.05. The van der Waals surface area contributed by atoms with Gasteiger partial charge in [-0.1, -0.05) is 11.8 Å². The number of anilines is 1. The highest BCUT2D eigenvalue weighted by molar-refractivity contribution is 7.99. The zero-order valence-electron chi connectivity index (χ0n) is 11.8. The van der Waals surface area contributed by atoms with Crippen LogP contribution < -0.4 is 15.5 Å². The van der Waals surface area contributed by atoms with Crippen molar-refractivity contribution < 1.29 is 9.53 Å². The topological polar surface area (TPSA) is 71.2 Å². The highest BCUT2D eigenvalue weighted by Crippen LogP contribution is 2.17. The van der Waals surface area contributed by atoms with Gasteiger partial charge in [-0.25, -0.2) is 0 Å². The normalized spacial score (nSPS) is 10.2. The van der Waals surface area contributed by atoms with E-state index in [-0.39, 0.29) is 17.1 Å². The Balaban J connectivity index is 1.90. The van der Waals surface area contributed by atoms with Crippen LogP contribution in [0, 0.1) is 6.92 Å². The number of hydrogen-bond donors (Lipinski definition) is 2.